The van der Waals surface area contributed by atoms with Gasteiger partial charge in [0.25, 0.3) is 0 Å². The molecule has 0 atom stereocenters. The van der Waals surface area contributed by atoms with Crippen LogP contribution in [0.3, 0.4) is 0 Å². The number of unbranched alkanes of at least 4 members (excludes halogenated alkanes) is 1. The molecule has 0 bridgehead atoms. The monoisotopic (exact) mass is 448 g/mol. The molecule has 2 heterocycles. The molecule has 33 heavy (non-hydrogen) atoms. The van der Waals surface area contributed by atoms with Crippen molar-refractivity contribution in [1.29, 1.82) is 0 Å². The van der Waals surface area contributed by atoms with E-state index in [1.807, 2.05) is 13.0 Å². The fourth-order valence-electron chi connectivity index (χ4n) is 4.64. The molecule has 0 spiro atoms. The lowest BCUT2D eigenvalue weighted by Gasteiger charge is -2.42. The Balaban J connectivity index is 1.76. The number of aromatic nitrogens is 2. The molecule has 0 saturated carbocycles. The maximum atomic E-state index is 11.5. The van der Waals surface area contributed by atoms with Crippen LogP contribution in [0.4, 0.5) is 0 Å². The zero-order chi connectivity index (χ0) is 24.1. The minimum absolute atomic E-state index is 0.0193. The Hall–Kier alpha value is -2.87. The van der Waals surface area contributed by atoms with Gasteiger partial charge in [0.15, 0.2) is 0 Å². The number of esters is 1. The van der Waals surface area contributed by atoms with Crippen molar-refractivity contribution in [2.45, 2.75) is 91.1 Å². The number of fused-ring (bicyclic) bond motifs is 1. The van der Waals surface area contributed by atoms with Crippen molar-refractivity contribution in [1.82, 2.24) is 9.97 Å². The quantitative estimate of drug-likeness (QED) is 0.316. The Morgan fingerprint density at radius 2 is 1.94 bits per heavy atom. The van der Waals surface area contributed by atoms with E-state index < -0.39 is 0 Å². The van der Waals surface area contributed by atoms with Gasteiger partial charge in [0, 0.05) is 30.2 Å². The molecule has 176 valence electrons. The van der Waals surface area contributed by atoms with Crippen LogP contribution in [0.15, 0.2) is 24.4 Å². The zero-order valence-electron chi connectivity index (χ0n) is 20.9. The fourth-order valence-corrected chi connectivity index (χ4v) is 4.64. The van der Waals surface area contributed by atoms with Gasteiger partial charge in [0.1, 0.15) is 22.9 Å². The van der Waals surface area contributed by atoms with Crippen molar-refractivity contribution in [2.24, 2.45) is 0 Å². The number of rotatable bonds is 7. The highest BCUT2D eigenvalue weighted by Crippen LogP contribution is 2.45. The summed E-state index contributed by atoms with van der Waals surface area (Å²) in [4.78, 5) is 20.4. The van der Waals surface area contributed by atoms with Gasteiger partial charge in [-0.3, -0.25) is 4.79 Å². The number of aryl methyl sites for hydroxylation is 2. The van der Waals surface area contributed by atoms with Crippen LogP contribution in [0.1, 0.15) is 95.4 Å². The second kappa shape index (κ2) is 10.4. The largest absolute Gasteiger partial charge is 0.488 e. The van der Waals surface area contributed by atoms with E-state index in [-0.39, 0.29) is 17.0 Å². The molecule has 1 aliphatic rings. The summed E-state index contributed by atoms with van der Waals surface area (Å²) in [6, 6.07) is 6.21. The highest BCUT2D eigenvalue weighted by Gasteiger charge is 2.39. The van der Waals surface area contributed by atoms with E-state index in [4.69, 9.17) is 9.47 Å². The summed E-state index contributed by atoms with van der Waals surface area (Å²) in [5.74, 6) is 8.18. The van der Waals surface area contributed by atoms with Crippen molar-refractivity contribution < 1.29 is 14.3 Å². The fraction of sp³-hybridized carbons (Fsp3) is 0.536. The Morgan fingerprint density at radius 1 is 1.15 bits per heavy atom. The number of carbonyl (C=O) groups is 1. The van der Waals surface area contributed by atoms with Crippen molar-refractivity contribution in [3.8, 4) is 17.6 Å². The molecule has 5 nitrogen and oxygen atoms in total. The van der Waals surface area contributed by atoms with E-state index >= 15 is 0 Å². The topological polar surface area (TPSA) is 61.3 Å². The molecule has 1 aromatic carbocycles. The standard InChI is InChI=1S/C28H36N2O3/c1-7-20-18-24-23(27(3,4)19-28(5,6)33-24)17-21(20)13-14-22-15-16-29-25(30-22)11-9-10-12-26(31)32-8-2/h15-18H,7-12,19H2,1-6H3. The summed E-state index contributed by atoms with van der Waals surface area (Å²) in [6.07, 6.45) is 6.35. The molecule has 2 aromatic rings. The minimum Gasteiger partial charge on any atom is -0.488 e. The lowest BCUT2D eigenvalue weighted by Crippen LogP contribution is -2.41. The smallest absolute Gasteiger partial charge is 0.305 e. The van der Waals surface area contributed by atoms with E-state index in [1.54, 1.807) is 6.20 Å². The van der Waals surface area contributed by atoms with Crippen molar-refractivity contribution in [2.75, 3.05) is 6.61 Å². The first-order valence-electron chi connectivity index (χ1n) is 12.0. The molecule has 0 amide bonds. The molecule has 5 heteroatoms. The Bertz CT molecular complexity index is 1060. The van der Waals surface area contributed by atoms with Gasteiger partial charge in [0.05, 0.1) is 6.61 Å². The number of ether oxygens (including phenoxy) is 2. The third-order valence-corrected chi connectivity index (χ3v) is 5.94. The summed E-state index contributed by atoms with van der Waals surface area (Å²) >= 11 is 0. The van der Waals surface area contributed by atoms with Crippen molar-refractivity contribution in [3.63, 3.8) is 0 Å². The third-order valence-electron chi connectivity index (χ3n) is 5.94. The van der Waals surface area contributed by atoms with Gasteiger partial charge in [-0.2, -0.15) is 0 Å². The summed E-state index contributed by atoms with van der Waals surface area (Å²) in [5.41, 5.74) is 3.98. The van der Waals surface area contributed by atoms with Gasteiger partial charge in [-0.25, -0.2) is 9.97 Å². The number of carbonyl (C=O) groups excluding carboxylic acids is 1. The SMILES string of the molecule is CCOC(=O)CCCCc1nccc(C#Cc2cc3c(cc2CC)OC(C)(C)CC3(C)C)n1. The maximum Gasteiger partial charge on any atom is 0.305 e. The minimum atomic E-state index is -0.178. The normalized spacial score (nSPS) is 15.6. The zero-order valence-corrected chi connectivity index (χ0v) is 20.9. The molecule has 1 aliphatic heterocycles. The van der Waals surface area contributed by atoms with Crippen LogP contribution in [0.5, 0.6) is 5.75 Å². The average molecular weight is 449 g/mol. The summed E-state index contributed by atoms with van der Waals surface area (Å²) in [6.45, 7) is 13.2. The number of hydrogen-bond acceptors (Lipinski definition) is 5. The predicted molar refractivity (Wildman–Crippen MR) is 130 cm³/mol. The molecule has 0 N–H and O–H groups in total. The Morgan fingerprint density at radius 3 is 2.67 bits per heavy atom. The van der Waals surface area contributed by atoms with Crippen LogP contribution in [0.2, 0.25) is 0 Å². The summed E-state index contributed by atoms with van der Waals surface area (Å²) in [5, 5.41) is 0. The molecule has 0 saturated heterocycles. The second-order valence-electron chi connectivity index (χ2n) is 9.90. The van der Waals surface area contributed by atoms with Crippen LogP contribution in [-0.4, -0.2) is 28.1 Å². The van der Waals surface area contributed by atoms with Crippen LogP contribution in [-0.2, 0) is 27.8 Å². The van der Waals surface area contributed by atoms with Crippen molar-refractivity contribution >= 4 is 5.97 Å². The molecule has 0 radical (unpaired) electrons. The summed E-state index contributed by atoms with van der Waals surface area (Å²) < 4.78 is 11.3. The first-order chi connectivity index (χ1) is 15.6. The molecular formula is C28H36N2O3. The van der Waals surface area contributed by atoms with Crippen LogP contribution in [0, 0.1) is 11.8 Å². The molecule has 0 unspecified atom stereocenters. The van der Waals surface area contributed by atoms with E-state index in [0.717, 1.165) is 49.2 Å². The highest BCUT2D eigenvalue weighted by molar-refractivity contribution is 5.69. The van der Waals surface area contributed by atoms with Gasteiger partial charge in [-0.05, 0) is 81.6 Å². The predicted octanol–water partition coefficient (Wildman–Crippen LogP) is 5.55. The molecular weight excluding hydrogens is 412 g/mol. The van der Waals surface area contributed by atoms with E-state index in [0.29, 0.717) is 18.7 Å². The van der Waals surface area contributed by atoms with Gasteiger partial charge in [0.2, 0.25) is 0 Å². The average Bonchev–Trinajstić information content (AvgIpc) is 2.74. The first-order valence-corrected chi connectivity index (χ1v) is 12.0. The van der Waals surface area contributed by atoms with Crippen molar-refractivity contribution in [3.05, 3.63) is 52.6 Å². The number of nitrogens with zero attached hydrogens (tertiary/aromatic N) is 2. The number of hydrogen-bond donors (Lipinski definition) is 0. The van der Waals surface area contributed by atoms with E-state index in [9.17, 15) is 4.79 Å². The van der Waals surface area contributed by atoms with Gasteiger partial charge in [-0.15, -0.1) is 0 Å². The molecule has 0 aliphatic carbocycles. The Labute approximate surface area is 198 Å². The van der Waals surface area contributed by atoms with Gasteiger partial charge < -0.3 is 9.47 Å². The van der Waals surface area contributed by atoms with Crippen LogP contribution < -0.4 is 4.74 Å². The van der Waals surface area contributed by atoms with E-state index in [2.05, 4.69) is 68.6 Å². The maximum absolute atomic E-state index is 11.5. The second-order valence-corrected chi connectivity index (χ2v) is 9.90. The van der Waals surface area contributed by atoms with E-state index in [1.165, 1.54) is 11.1 Å². The van der Waals surface area contributed by atoms with Gasteiger partial charge in [-0.1, -0.05) is 26.7 Å². The van der Waals surface area contributed by atoms with Crippen LogP contribution in [0.25, 0.3) is 0 Å². The molecule has 1 aromatic heterocycles. The van der Waals surface area contributed by atoms with Gasteiger partial charge >= 0.3 is 5.97 Å². The summed E-state index contributed by atoms with van der Waals surface area (Å²) in [7, 11) is 0. The van der Waals surface area contributed by atoms with Crippen LogP contribution >= 0.6 is 0 Å². The molecule has 0 fully saturated rings. The lowest BCUT2D eigenvalue weighted by molar-refractivity contribution is -0.143. The lowest BCUT2D eigenvalue weighted by atomic mass is 9.73. The Kier molecular flexibility index (Phi) is 7.79. The third kappa shape index (κ3) is 6.57. The number of benzene rings is 1. The molecule has 3 rings (SSSR count). The highest BCUT2D eigenvalue weighted by atomic mass is 16.5. The first kappa shape index (κ1) is 24.8.